The lowest BCUT2D eigenvalue weighted by molar-refractivity contribution is 0.121. The fourth-order valence-electron chi connectivity index (χ4n) is 2.09. The van der Waals surface area contributed by atoms with Crippen LogP contribution in [0.2, 0.25) is 0 Å². The fraction of sp³-hybridized carbons (Fsp3) is 0.571. The number of rotatable bonds is 5. The Hall–Kier alpha value is -1.06. The van der Waals surface area contributed by atoms with E-state index in [4.69, 9.17) is 4.74 Å². The van der Waals surface area contributed by atoms with Gasteiger partial charge in [0.25, 0.3) is 0 Å². The first-order chi connectivity index (χ1) is 8.38. The predicted octanol–water partition coefficient (Wildman–Crippen LogP) is 1.50. The van der Waals surface area contributed by atoms with Crippen molar-refractivity contribution in [3.05, 3.63) is 30.3 Å². The van der Waals surface area contributed by atoms with Gasteiger partial charge in [-0.2, -0.15) is 0 Å². The summed E-state index contributed by atoms with van der Waals surface area (Å²) in [7, 11) is 0. The Balaban J connectivity index is 1.63. The number of nitrogens with zero attached hydrogens (tertiary/aromatic N) is 2. The molecule has 0 aliphatic carbocycles. The minimum absolute atomic E-state index is 0.768. The highest BCUT2D eigenvalue weighted by molar-refractivity contribution is 5.19. The van der Waals surface area contributed by atoms with Crippen molar-refractivity contribution in [3.63, 3.8) is 0 Å². The van der Waals surface area contributed by atoms with Gasteiger partial charge in [-0.1, -0.05) is 19.1 Å². The van der Waals surface area contributed by atoms with Crippen LogP contribution < -0.4 is 4.74 Å². The number of piperazine rings is 1. The Labute approximate surface area is 104 Å². The third kappa shape index (κ3) is 4.02. The quantitative estimate of drug-likeness (QED) is 0.766. The first-order valence-corrected chi connectivity index (χ1v) is 6.42. The largest absolute Gasteiger partial charge is 0.492 e. The third-order valence-electron chi connectivity index (χ3n) is 3.27. The third-order valence-corrected chi connectivity index (χ3v) is 3.27. The molecule has 0 spiro atoms. The van der Waals surface area contributed by atoms with Crippen molar-refractivity contribution >= 4 is 0 Å². The van der Waals surface area contributed by atoms with Crippen LogP contribution in [0.3, 0.4) is 0 Å². The van der Waals surface area contributed by atoms with E-state index in [0.29, 0.717) is 0 Å². The van der Waals surface area contributed by atoms with Gasteiger partial charge in [0.15, 0.2) is 0 Å². The number of benzene rings is 1. The lowest BCUT2D eigenvalue weighted by Crippen LogP contribution is -2.47. The normalized spacial score (nSPS) is 18.2. The average molecular weight is 233 g/mol. The zero-order valence-corrected chi connectivity index (χ0v) is 10.6. The summed E-state index contributed by atoms with van der Waals surface area (Å²) < 4.78 is 5.68. The van der Waals surface area contributed by atoms with Crippen LogP contribution in [0.1, 0.15) is 6.92 Å². The molecule has 0 atom stereocenters. The van der Waals surface area contributed by atoms with Gasteiger partial charge in [0.05, 0.1) is 0 Å². The van der Waals surface area contributed by atoms with Gasteiger partial charge in [-0.3, -0.25) is 4.90 Å². The molecule has 0 bridgehead atoms. The molecule has 1 aromatic carbocycles. The summed E-state index contributed by atoms with van der Waals surface area (Å²) >= 11 is 0. The molecular formula is C14H21N2O. The second-order valence-electron chi connectivity index (χ2n) is 4.36. The Morgan fingerprint density at radius 1 is 1.24 bits per heavy atom. The smallest absolute Gasteiger partial charge is 0.119 e. The van der Waals surface area contributed by atoms with Crippen molar-refractivity contribution < 1.29 is 4.74 Å². The van der Waals surface area contributed by atoms with Gasteiger partial charge in [-0.15, -0.1) is 0 Å². The van der Waals surface area contributed by atoms with E-state index in [9.17, 15) is 0 Å². The van der Waals surface area contributed by atoms with Gasteiger partial charge in [-0.25, -0.2) is 0 Å². The van der Waals surface area contributed by atoms with Gasteiger partial charge in [0, 0.05) is 32.7 Å². The van der Waals surface area contributed by atoms with E-state index in [0.717, 1.165) is 32.0 Å². The molecule has 3 heteroatoms. The number of hydrogen-bond acceptors (Lipinski definition) is 3. The Kier molecular flexibility index (Phi) is 4.83. The van der Waals surface area contributed by atoms with E-state index >= 15 is 0 Å². The van der Waals surface area contributed by atoms with Gasteiger partial charge in [0.1, 0.15) is 12.4 Å². The molecule has 1 aliphatic rings. The highest BCUT2D eigenvalue weighted by atomic mass is 16.5. The van der Waals surface area contributed by atoms with E-state index in [1.54, 1.807) is 0 Å². The van der Waals surface area contributed by atoms with Crippen LogP contribution in [0.15, 0.2) is 24.3 Å². The molecule has 3 nitrogen and oxygen atoms in total. The zero-order chi connectivity index (χ0) is 11.9. The molecule has 2 rings (SSSR count). The van der Waals surface area contributed by atoms with E-state index < -0.39 is 0 Å². The molecule has 0 amide bonds. The van der Waals surface area contributed by atoms with Crippen LogP contribution in [0, 0.1) is 6.07 Å². The van der Waals surface area contributed by atoms with Crippen LogP contribution in [0.25, 0.3) is 0 Å². The second-order valence-corrected chi connectivity index (χ2v) is 4.36. The number of ether oxygens (including phenoxy) is 1. The molecule has 1 aliphatic heterocycles. The topological polar surface area (TPSA) is 15.7 Å². The van der Waals surface area contributed by atoms with Crippen molar-refractivity contribution in [3.8, 4) is 5.75 Å². The van der Waals surface area contributed by atoms with E-state index in [2.05, 4.69) is 22.8 Å². The van der Waals surface area contributed by atoms with Crippen molar-refractivity contribution in [1.29, 1.82) is 0 Å². The van der Waals surface area contributed by atoms with Crippen molar-refractivity contribution in [1.82, 2.24) is 9.80 Å². The molecule has 0 saturated carbocycles. The second kappa shape index (κ2) is 6.62. The van der Waals surface area contributed by atoms with Gasteiger partial charge < -0.3 is 9.64 Å². The van der Waals surface area contributed by atoms with Crippen molar-refractivity contribution in [2.45, 2.75) is 6.92 Å². The summed E-state index contributed by atoms with van der Waals surface area (Å²) in [4.78, 5) is 4.96. The SMILES string of the molecule is CCN1CCN(CCOc2c[c]ccc2)CC1. The van der Waals surface area contributed by atoms with Crippen molar-refractivity contribution in [2.75, 3.05) is 45.9 Å². The minimum atomic E-state index is 0.768. The van der Waals surface area contributed by atoms with E-state index in [1.165, 1.54) is 19.6 Å². The molecular weight excluding hydrogens is 212 g/mol. The van der Waals surface area contributed by atoms with Crippen LogP contribution in [0.4, 0.5) is 0 Å². The average Bonchev–Trinajstić information content (AvgIpc) is 2.41. The zero-order valence-electron chi connectivity index (χ0n) is 10.6. The highest BCUT2D eigenvalue weighted by Crippen LogP contribution is 2.08. The van der Waals surface area contributed by atoms with Crippen molar-refractivity contribution in [2.24, 2.45) is 0 Å². The fourth-order valence-corrected chi connectivity index (χ4v) is 2.09. The lowest BCUT2D eigenvalue weighted by Gasteiger charge is -2.33. The highest BCUT2D eigenvalue weighted by Gasteiger charge is 2.14. The van der Waals surface area contributed by atoms with Gasteiger partial charge in [-0.05, 0) is 24.7 Å². The standard InChI is InChI=1S/C14H21N2O/c1-2-15-8-10-16(11-9-15)12-13-17-14-6-4-3-5-7-14/h3-4,6-7H,2,8-13H2,1H3. The van der Waals surface area contributed by atoms with Crippen LogP contribution >= 0.6 is 0 Å². The molecule has 93 valence electrons. The molecule has 1 fully saturated rings. The van der Waals surface area contributed by atoms with E-state index in [-0.39, 0.29) is 0 Å². The first kappa shape index (κ1) is 12.4. The van der Waals surface area contributed by atoms with Crippen LogP contribution in [0.5, 0.6) is 5.75 Å². The first-order valence-electron chi connectivity index (χ1n) is 6.42. The molecule has 1 heterocycles. The summed E-state index contributed by atoms with van der Waals surface area (Å²) in [6, 6.07) is 10.7. The molecule has 17 heavy (non-hydrogen) atoms. The van der Waals surface area contributed by atoms with Crippen LogP contribution in [-0.2, 0) is 0 Å². The summed E-state index contributed by atoms with van der Waals surface area (Å²) in [5, 5.41) is 0. The summed E-state index contributed by atoms with van der Waals surface area (Å²) in [6.45, 7) is 9.90. The molecule has 0 aromatic heterocycles. The molecule has 1 radical (unpaired) electrons. The molecule has 1 aromatic rings. The minimum Gasteiger partial charge on any atom is -0.492 e. The monoisotopic (exact) mass is 233 g/mol. The maximum atomic E-state index is 5.68. The summed E-state index contributed by atoms with van der Waals surface area (Å²) in [5.41, 5.74) is 0. The summed E-state index contributed by atoms with van der Waals surface area (Å²) in [5.74, 6) is 0.916. The molecule has 1 saturated heterocycles. The summed E-state index contributed by atoms with van der Waals surface area (Å²) in [6.07, 6.45) is 0. The number of likely N-dealkylation sites (N-methyl/N-ethyl adjacent to an activating group) is 1. The lowest BCUT2D eigenvalue weighted by atomic mass is 10.3. The van der Waals surface area contributed by atoms with E-state index in [1.807, 2.05) is 24.3 Å². The van der Waals surface area contributed by atoms with Gasteiger partial charge in [0.2, 0.25) is 0 Å². The Morgan fingerprint density at radius 2 is 2.00 bits per heavy atom. The van der Waals surface area contributed by atoms with Gasteiger partial charge >= 0.3 is 0 Å². The maximum absolute atomic E-state index is 5.68. The molecule has 0 unspecified atom stereocenters. The maximum Gasteiger partial charge on any atom is 0.119 e. The Morgan fingerprint density at radius 3 is 2.65 bits per heavy atom. The predicted molar refractivity (Wildman–Crippen MR) is 69.3 cm³/mol. The van der Waals surface area contributed by atoms with Crippen LogP contribution in [-0.4, -0.2) is 55.7 Å². The Bertz CT molecular complexity index is 307. The number of hydrogen-bond donors (Lipinski definition) is 0. The molecule has 0 N–H and O–H groups in total.